The van der Waals surface area contributed by atoms with E-state index in [9.17, 15) is 4.79 Å². The summed E-state index contributed by atoms with van der Waals surface area (Å²) in [6.45, 7) is 0. The molecular formula is C17H18N2O2S. The van der Waals surface area contributed by atoms with E-state index in [0.717, 1.165) is 36.3 Å². The van der Waals surface area contributed by atoms with Gasteiger partial charge in [0.15, 0.2) is 0 Å². The molecular weight excluding hydrogens is 296 g/mol. The summed E-state index contributed by atoms with van der Waals surface area (Å²) in [5, 5.41) is 1.97. The Kier molecular flexibility index (Phi) is 3.58. The normalized spacial score (nSPS) is 26.9. The number of aromatic nitrogens is 1. The van der Waals surface area contributed by atoms with Crippen molar-refractivity contribution in [1.82, 2.24) is 9.88 Å². The largest absolute Gasteiger partial charge is 0.490 e. The fourth-order valence-electron chi connectivity index (χ4n) is 3.69. The lowest BCUT2D eigenvalue weighted by molar-refractivity contribution is 0.0363. The van der Waals surface area contributed by atoms with E-state index in [4.69, 9.17) is 4.74 Å². The predicted molar refractivity (Wildman–Crippen MR) is 85.2 cm³/mol. The molecule has 0 N–H and O–H groups in total. The third kappa shape index (κ3) is 2.50. The van der Waals surface area contributed by atoms with Crippen LogP contribution in [0.5, 0.6) is 5.75 Å². The van der Waals surface area contributed by atoms with Gasteiger partial charge in [0.2, 0.25) is 0 Å². The fourth-order valence-corrected chi connectivity index (χ4v) is 4.36. The smallest absolute Gasteiger partial charge is 0.264 e. The van der Waals surface area contributed by atoms with Crippen molar-refractivity contribution in [3.63, 3.8) is 0 Å². The van der Waals surface area contributed by atoms with E-state index in [2.05, 4.69) is 9.88 Å². The molecule has 2 aromatic rings. The Hall–Kier alpha value is -1.88. The van der Waals surface area contributed by atoms with Crippen molar-refractivity contribution in [1.29, 1.82) is 0 Å². The van der Waals surface area contributed by atoms with Crippen LogP contribution in [-0.4, -0.2) is 34.0 Å². The molecule has 4 nitrogen and oxygen atoms in total. The molecule has 1 amide bonds. The van der Waals surface area contributed by atoms with E-state index in [1.54, 1.807) is 12.4 Å². The zero-order valence-corrected chi connectivity index (χ0v) is 13.0. The predicted octanol–water partition coefficient (Wildman–Crippen LogP) is 3.36. The molecule has 2 unspecified atom stereocenters. The Morgan fingerprint density at radius 3 is 2.55 bits per heavy atom. The summed E-state index contributed by atoms with van der Waals surface area (Å²) in [4.78, 5) is 19.6. The second-order valence-electron chi connectivity index (χ2n) is 5.97. The summed E-state index contributed by atoms with van der Waals surface area (Å²) in [5.41, 5.74) is 0. The summed E-state index contributed by atoms with van der Waals surface area (Å²) in [7, 11) is 0. The van der Waals surface area contributed by atoms with Crippen LogP contribution >= 0.6 is 11.3 Å². The maximum absolute atomic E-state index is 12.7. The number of thiophene rings is 1. The van der Waals surface area contributed by atoms with Gasteiger partial charge in [-0.05, 0) is 36.4 Å². The molecule has 2 saturated heterocycles. The number of hydrogen-bond donors (Lipinski definition) is 0. The van der Waals surface area contributed by atoms with Crippen molar-refractivity contribution in [3.05, 3.63) is 46.9 Å². The van der Waals surface area contributed by atoms with Gasteiger partial charge in [-0.25, -0.2) is 0 Å². The van der Waals surface area contributed by atoms with E-state index in [1.807, 2.05) is 29.6 Å². The number of carbonyl (C=O) groups is 1. The van der Waals surface area contributed by atoms with Gasteiger partial charge in [0.1, 0.15) is 11.9 Å². The summed E-state index contributed by atoms with van der Waals surface area (Å²) < 4.78 is 6.08. The number of piperidine rings is 1. The minimum Gasteiger partial charge on any atom is -0.490 e. The van der Waals surface area contributed by atoms with Gasteiger partial charge < -0.3 is 9.64 Å². The van der Waals surface area contributed by atoms with Crippen LogP contribution in [0.15, 0.2) is 42.0 Å². The third-order valence-corrected chi connectivity index (χ3v) is 5.47. The van der Waals surface area contributed by atoms with Crippen molar-refractivity contribution >= 4 is 17.2 Å². The SMILES string of the molecule is O=C(c1cccs1)N1C2CCC1CC(Oc1ccncc1)C2. The summed E-state index contributed by atoms with van der Waals surface area (Å²) >= 11 is 1.53. The lowest BCUT2D eigenvalue weighted by atomic mass is 9.99. The molecule has 2 atom stereocenters. The van der Waals surface area contributed by atoms with Crippen molar-refractivity contribution in [2.24, 2.45) is 0 Å². The molecule has 0 spiro atoms. The van der Waals surface area contributed by atoms with E-state index < -0.39 is 0 Å². The molecule has 0 aromatic carbocycles. The van der Waals surface area contributed by atoms with Crippen LogP contribution in [0.3, 0.4) is 0 Å². The van der Waals surface area contributed by atoms with Crippen LogP contribution in [0, 0.1) is 0 Å². The molecule has 22 heavy (non-hydrogen) atoms. The van der Waals surface area contributed by atoms with Crippen LogP contribution in [0.25, 0.3) is 0 Å². The zero-order valence-electron chi connectivity index (χ0n) is 12.2. The molecule has 2 fully saturated rings. The van der Waals surface area contributed by atoms with Crippen LogP contribution in [0.4, 0.5) is 0 Å². The van der Waals surface area contributed by atoms with Crippen LogP contribution < -0.4 is 4.74 Å². The first kappa shape index (κ1) is 13.8. The second kappa shape index (κ2) is 5.72. The minimum absolute atomic E-state index is 0.199. The topological polar surface area (TPSA) is 42.4 Å². The van der Waals surface area contributed by atoms with Gasteiger partial charge in [-0.1, -0.05) is 6.07 Å². The molecule has 2 aliphatic heterocycles. The first-order valence-corrected chi connectivity index (χ1v) is 8.62. The molecule has 4 heterocycles. The third-order valence-electron chi connectivity index (χ3n) is 4.61. The molecule has 2 bridgehead atoms. The second-order valence-corrected chi connectivity index (χ2v) is 6.92. The Bertz CT molecular complexity index is 630. The number of amides is 1. The van der Waals surface area contributed by atoms with Crippen molar-refractivity contribution in [3.8, 4) is 5.75 Å². The minimum atomic E-state index is 0.199. The maximum Gasteiger partial charge on any atom is 0.264 e. The highest BCUT2D eigenvalue weighted by Crippen LogP contribution is 2.38. The standard InChI is InChI=1S/C17H18N2O2S/c20-17(16-2-1-9-22-16)19-12-3-4-13(19)11-15(10-12)21-14-5-7-18-8-6-14/h1-2,5-9,12-13,15H,3-4,10-11H2. The molecule has 114 valence electrons. The first-order valence-electron chi connectivity index (χ1n) is 7.74. The fraction of sp³-hybridized carbons (Fsp3) is 0.412. The summed E-state index contributed by atoms with van der Waals surface area (Å²) in [6, 6.07) is 8.29. The molecule has 2 aromatic heterocycles. The Balaban J connectivity index is 1.47. The highest BCUT2D eigenvalue weighted by Gasteiger charge is 2.44. The highest BCUT2D eigenvalue weighted by atomic mass is 32.1. The van der Waals surface area contributed by atoms with Crippen molar-refractivity contribution in [2.45, 2.75) is 43.9 Å². The van der Waals surface area contributed by atoms with Gasteiger partial charge in [0.25, 0.3) is 5.91 Å². The van der Waals surface area contributed by atoms with Gasteiger partial charge in [0, 0.05) is 37.3 Å². The monoisotopic (exact) mass is 314 g/mol. The number of nitrogens with zero attached hydrogens (tertiary/aromatic N) is 2. The van der Waals surface area contributed by atoms with E-state index >= 15 is 0 Å². The molecule has 0 saturated carbocycles. The molecule has 5 heteroatoms. The van der Waals surface area contributed by atoms with Gasteiger partial charge in [-0.2, -0.15) is 0 Å². The lowest BCUT2D eigenvalue weighted by Crippen LogP contribution is -2.49. The highest BCUT2D eigenvalue weighted by molar-refractivity contribution is 7.12. The maximum atomic E-state index is 12.7. The lowest BCUT2D eigenvalue weighted by Gasteiger charge is -2.38. The number of hydrogen-bond acceptors (Lipinski definition) is 4. The number of pyridine rings is 1. The van der Waals surface area contributed by atoms with Gasteiger partial charge >= 0.3 is 0 Å². The van der Waals surface area contributed by atoms with E-state index in [-0.39, 0.29) is 12.0 Å². The number of ether oxygens (including phenoxy) is 1. The Morgan fingerprint density at radius 1 is 1.18 bits per heavy atom. The average molecular weight is 314 g/mol. The first-order chi connectivity index (χ1) is 10.8. The number of fused-ring (bicyclic) bond motifs is 2. The van der Waals surface area contributed by atoms with Crippen molar-refractivity contribution in [2.75, 3.05) is 0 Å². The van der Waals surface area contributed by atoms with Gasteiger partial charge in [0.05, 0.1) is 4.88 Å². The number of rotatable bonds is 3. The van der Waals surface area contributed by atoms with Gasteiger partial charge in [-0.15, -0.1) is 11.3 Å². The van der Waals surface area contributed by atoms with E-state index in [0.29, 0.717) is 12.1 Å². The summed E-state index contributed by atoms with van der Waals surface area (Å²) in [5.74, 6) is 1.07. The van der Waals surface area contributed by atoms with Crippen molar-refractivity contribution < 1.29 is 9.53 Å². The van der Waals surface area contributed by atoms with Gasteiger partial charge in [-0.3, -0.25) is 9.78 Å². The van der Waals surface area contributed by atoms with Crippen LogP contribution in [0.1, 0.15) is 35.4 Å². The number of carbonyl (C=O) groups excluding carboxylic acids is 1. The average Bonchev–Trinajstić information content (AvgIpc) is 3.15. The zero-order chi connectivity index (χ0) is 14.9. The Morgan fingerprint density at radius 2 is 1.91 bits per heavy atom. The molecule has 2 aliphatic rings. The Labute approximate surface area is 133 Å². The summed E-state index contributed by atoms with van der Waals surface area (Å²) in [6.07, 6.45) is 7.74. The van der Waals surface area contributed by atoms with Crippen LogP contribution in [0.2, 0.25) is 0 Å². The quantitative estimate of drug-likeness (QED) is 0.872. The van der Waals surface area contributed by atoms with E-state index in [1.165, 1.54) is 11.3 Å². The molecule has 0 aliphatic carbocycles. The van der Waals surface area contributed by atoms with Crippen LogP contribution in [-0.2, 0) is 0 Å². The molecule has 0 radical (unpaired) electrons. The molecule has 4 rings (SSSR count).